The lowest BCUT2D eigenvalue weighted by Crippen LogP contribution is -2.53. The third-order valence-corrected chi connectivity index (χ3v) is 5.40. The van der Waals surface area contributed by atoms with Crippen molar-refractivity contribution in [3.63, 3.8) is 0 Å². The first kappa shape index (κ1) is 17.1. The Morgan fingerprint density at radius 1 is 1.24 bits per heavy atom. The van der Waals surface area contributed by atoms with Crippen LogP contribution in [0.25, 0.3) is 0 Å². The first-order valence-corrected chi connectivity index (χ1v) is 8.66. The number of hydrogen-bond donors (Lipinski definition) is 1. The maximum Gasteiger partial charge on any atom is 0.0595 e. The van der Waals surface area contributed by atoms with Crippen LogP contribution < -0.4 is 5.32 Å². The minimum Gasteiger partial charge on any atom is -0.380 e. The lowest BCUT2D eigenvalue weighted by molar-refractivity contribution is 0.125. The second kappa shape index (κ2) is 7.82. The maximum absolute atomic E-state index is 6.22. The fourth-order valence-corrected chi connectivity index (χ4v) is 3.68. The summed E-state index contributed by atoms with van der Waals surface area (Å²) in [4.78, 5) is 0. The van der Waals surface area contributed by atoms with Crippen molar-refractivity contribution in [2.24, 2.45) is 0 Å². The van der Waals surface area contributed by atoms with Crippen molar-refractivity contribution >= 4 is 23.2 Å². The van der Waals surface area contributed by atoms with Crippen LogP contribution in [0.5, 0.6) is 0 Å². The van der Waals surface area contributed by atoms with E-state index in [0.29, 0.717) is 16.1 Å². The van der Waals surface area contributed by atoms with Crippen LogP contribution in [0.3, 0.4) is 0 Å². The summed E-state index contributed by atoms with van der Waals surface area (Å²) < 4.78 is 5.43. The van der Waals surface area contributed by atoms with Crippen molar-refractivity contribution in [1.29, 1.82) is 0 Å². The van der Waals surface area contributed by atoms with E-state index in [2.05, 4.69) is 24.4 Å². The highest BCUT2D eigenvalue weighted by molar-refractivity contribution is 6.42. The van der Waals surface area contributed by atoms with E-state index in [4.69, 9.17) is 27.9 Å². The summed E-state index contributed by atoms with van der Waals surface area (Å²) >= 11 is 12.3. The Balaban J connectivity index is 2.12. The maximum atomic E-state index is 6.22. The molecule has 21 heavy (non-hydrogen) atoms. The summed E-state index contributed by atoms with van der Waals surface area (Å²) in [6.45, 7) is 6.71. The van der Waals surface area contributed by atoms with Gasteiger partial charge in [0.2, 0.25) is 0 Å². The van der Waals surface area contributed by atoms with Gasteiger partial charge < -0.3 is 10.1 Å². The predicted octanol–water partition coefficient (Wildman–Crippen LogP) is 4.82. The van der Waals surface area contributed by atoms with Gasteiger partial charge in [-0.1, -0.05) is 42.6 Å². The van der Waals surface area contributed by atoms with E-state index >= 15 is 0 Å². The molecule has 1 aromatic carbocycles. The van der Waals surface area contributed by atoms with E-state index in [1.54, 1.807) is 0 Å². The van der Waals surface area contributed by atoms with Crippen molar-refractivity contribution < 1.29 is 4.74 Å². The van der Waals surface area contributed by atoms with Gasteiger partial charge in [-0.25, -0.2) is 0 Å². The molecule has 0 heterocycles. The molecular weight excluding hydrogens is 305 g/mol. The topological polar surface area (TPSA) is 21.3 Å². The number of hydrogen-bond acceptors (Lipinski definition) is 2. The quantitative estimate of drug-likeness (QED) is 0.690. The highest BCUT2D eigenvalue weighted by Gasteiger charge is 2.44. The van der Waals surface area contributed by atoms with Gasteiger partial charge >= 0.3 is 0 Å². The Morgan fingerprint density at radius 3 is 2.52 bits per heavy atom. The zero-order chi connectivity index (χ0) is 15.3. The van der Waals surface area contributed by atoms with Crippen molar-refractivity contribution in [1.82, 2.24) is 5.32 Å². The average molecular weight is 330 g/mol. The van der Waals surface area contributed by atoms with Crippen LogP contribution in [0.4, 0.5) is 0 Å². The number of rotatable bonds is 8. The van der Waals surface area contributed by atoms with Crippen LogP contribution in [0, 0.1) is 0 Å². The molecule has 1 N–H and O–H groups in total. The standard InChI is InChI=1S/C17H25Cl2NO/c1-3-16(20-10-11-21-4-2)17(8-5-9-17)13-6-7-14(18)15(19)12-13/h6-7,12,16,20H,3-5,8-11H2,1-2H3. The van der Waals surface area contributed by atoms with Crippen LogP contribution in [0.1, 0.15) is 45.1 Å². The molecule has 0 saturated heterocycles. The van der Waals surface area contributed by atoms with E-state index < -0.39 is 0 Å². The van der Waals surface area contributed by atoms with Crippen LogP contribution in [-0.2, 0) is 10.2 Å². The smallest absolute Gasteiger partial charge is 0.0595 e. The van der Waals surface area contributed by atoms with Crippen molar-refractivity contribution in [2.75, 3.05) is 19.8 Å². The number of ether oxygens (including phenoxy) is 1. The van der Waals surface area contributed by atoms with Crippen LogP contribution in [-0.4, -0.2) is 25.8 Å². The molecular formula is C17H25Cl2NO. The summed E-state index contributed by atoms with van der Waals surface area (Å²) in [5.74, 6) is 0. The molecule has 2 rings (SSSR count). The number of nitrogens with one attached hydrogen (secondary N) is 1. The number of halogens is 2. The zero-order valence-corrected chi connectivity index (χ0v) is 14.4. The van der Waals surface area contributed by atoms with Gasteiger partial charge in [-0.15, -0.1) is 0 Å². The first-order chi connectivity index (χ1) is 10.1. The average Bonchev–Trinajstić information content (AvgIpc) is 2.44. The third kappa shape index (κ3) is 3.73. The largest absolute Gasteiger partial charge is 0.380 e. The molecule has 1 atom stereocenters. The van der Waals surface area contributed by atoms with Crippen LogP contribution >= 0.6 is 23.2 Å². The second-order valence-electron chi connectivity index (χ2n) is 5.75. The molecule has 4 heteroatoms. The Labute approximate surface area is 138 Å². The number of benzene rings is 1. The fourth-order valence-electron chi connectivity index (χ4n) is 3.38. The van der Waals surface area contributed by atoms with Gasteiger partial charge in [-0.05, 0) is 43.9 Å². The van der Waals surface area contributed by atoms with Gasteiger partial charge in [0, 0.05) is 24.6 Å². The third-order valence-electron chi connectivity index (χ3n) is 4.66. The summed E-state index contributed by atoms with van der Waals surface area (Å²) in [6.07, 6.45) is 4.81. The molecule has 118 valence electrons. The molecule has 0 aromatic heterocycles. The molecule has 1 fully saturated rings. The Morgan fingerprint density at radius 2 is 2.00 bits per heavy atom. The molecule has 1 unspecified atom stereocenters. The molecule has 2 nitrogen and oxygen atoms in total. The predicted molar refractivity (Wildman–Crippen MR) is 90.6 cm³/mol. The normalized spacial score (nSPS) is 18.3. The molecule has 0 spiro atoms. The molecule has 0 bridgehead atoms. The fraction of sp³-hybridized carbons (Fsp3) is 0.647. The van der Waals surface area contributed by atoms with E-state index in [-0.39, 0.29) is 5.41 Å². The minimum absolute atomic E-state index is 0.204. The van der Waals surface area contributed by atoms with E-state index in [0.717, 1.165) is 26.2 Å². The van der Waals surface area contributed by atoms with Gasteiger partial charge in [0.1, 0.15) is 0 Å². The lowest BCUT2D eigenvalue weighted by atomic mass is 9.59. The van der Waals surface area contributed by atoms with Crippen LogP contribution in [0.15, 0.2) is 18.2 Å². The second-order valence-corrected chi connectivity index (χ2v) is 6.56. The summed E-state index contributed by atoms with van der Waals surface area (Å²) in [7, 11) is 0. The van der Waals surface area contributed by atoms with Gasteiger partial charge in [-0.3, -0.25) is 0 Å². The van der Waals surface area contributed by atoms with Crippen molar-refractivity contribution in [2.45, 2.75) is 51.0 Å². The van der Waals surface area contributed by atoms with Crippen LogP contribution in [0.2, 0.25) is 10.0 Å². The Kier molecular flexibility index (Phi) is 6.36. The molecule has 0 amide bonds. The Bertz CT molecular complexity index is 460. The summed E-state index contributed by atoms with van der Waals surface area (Å²) in [6, 6.07) is 6.58. The molecule has 1 aromatic rings. The molecule has 0 aliphatic heterocycles. The summed E-state index contributed by atoms with van der Waals surface area (Å²) in [5.41, 5.74) is 1.52. The molecule has 1 aliphatic rings. The van der Waals surface area contributed by atoms with Crippen molar-refractivity contribution in [3.05, 3.63) is 33.8 Å². The Hall–Kier alpha value is -0.280. The highest BCUT2D eigenvalue weighted by Crippen LogP contribution is 2.48. The SMILES string of the molecule is CCOCCNC(CC)C1(c2ccc(Cl)c(Cl)c2)CCC1. The van der Waals surface area contributed by atoms with Crippen molar-refractivity contribution in [3.8, 4) is 0 Å². The van der Waals surface area contributed by atoms with Gasteiger partial charge in [0.15, 0.2) is 0 Å². The minimum atomic E-state index is 0.204. The van der Waals surface area contributed by atoms with Gasteiger partial charge in [0.25, 0.3) is 0 Å². The van der Waals surface area contributed by atoms with E-state index in [9.17, 15) is 0 Å². The van der Waals surface area contributed by atoms with E-state index in [1.165, 1.54) is 24.8 Å². The van der Waals surface area contributed by atoms with E-state index in [1.807, 2.05) is 13.0 Å². The lowest BCUT2D eigenvalue weighted by Gasteiger charge is -2.49. The van der Waals surface area contributed by atoms with Gasteiger partial charge in [-0.2, -0.15) is 0 Å². The molecule has 0 radical (unpaired) electrons. The monoisotopic (exact) mass is 329 g/mol. The highest BCUT2D eigenvalue weighted by atomic mass is 35.5. The summed E-state index contributed by atoms with van der Waals surface area (Å²) in [5, 5.41) is 4.97. The zero-order valence-electron chi connectivity index (χ0n) is 12.9. The first-order valence-electron chi connectivity index (χ1n) is 7.90. The molecule has 1 aliphatic carbocycles. The molecule has 1 saturated carbocycles. The van der Waals surface area contributed by atoms with Gasteiger partial charge in [0.05, 0.1) is 16.7 Å².